The maximum Gasteiger partial charge on any atom is 0.185 e. The fourth-order valence-electron chi connectivity index (χ4n) is 1.22. The molecule has 2 aromatic rings. The van der Waals surface area contributed by atoms with Gasteiger partial charge in [0, 0.05) is 6.07 Å². The van der Waals surface area contributed by atoms with Gasteiger partial charge in [-0.05, 0) is 15.9 Å². The average molecular weight is 327 g/mol. The van der Waals surface area contributed by atoms with E-state index in [1.807, 2.05) is 0 Å². The predicted octanol–water partition coefficient (Wildman–Crippen LogP) is 3.22. The fourth-order valence-corrected chi connectivity index (χ4v) is 2.94. The molecule has 0 radical (unpaired) electrons. The Hall–Kier alpha value is -0.430. The van der Waals surface area contributed by atoms with Crippen LogP contribution in [0.5, 0.6) is 5.75 Å². The van der Waals surface area contributed by atoms with Crippen LogP contribution < -0.4 is 4.74 Å². The first kappa shape index (κ1) is 12.0. The summed E-state index contributed by atoms with van der Waals surface area (Å²) >= 11 is 10.4. The van der Waals surface area contributed by atoms with Crippen LogP contribution in [-0.4, -0.2) is 23.3 Å². The van der Waals surface area contributed by atoms with Gasteiger partial charge in [0.15, 0.2) is 15.5 Å². The second-order valence-electron chi connectivity index (χ2n) is 2.89. The molecule has 0 amide bonds. The van der Waals surface area contributed by atoms with Gasteiger partial charge < -0.3 is 9.84 Å². The van der Waals surface area contributed by atoms with Gasteiger partial charge in [-0.15, -0.1) is 11.3 Å². The highest BCUT2D eigenvalue weighted by atomic mass is 79.9. The first-order chi connectivity index (χ1) is 7.63. The van der Waals surface area contributed by atoms with Crippen molar-refractivity contribution in [3.05, 3.63) is 20.8 Å². The molecule has 1 aromatic heterocycles. The van der Waals surface area contributed by atoms with Crippen molar-refractivity contribution in [2.24, 2.45) is 0 Å². The minimum absolute atomic E-state index is 0.0265. The molecule has 16 heavy (non-hydrogen) atoms. The first-order valence-corrected chi connectivity index (χ1v) is 6.30. The molecule has 0 spiro atoms. The van der Waals surface area contributed by atoms with Crippen molar-refractivity contribution in [1.82, 2.24) is 4.98 Å². The van der Waals surface area contributed by atoms with Crippen molar-refractivity contribution in [1.29, 1.82) is 0 Å². The molecule has 0 unspecified atom stereocenters. The van der Waals surface area contributed by atoms with Crippen molar-refractivity contribution in [3.8, 4) is 5.75 Å². The van der Waals surface area contributed by atoms with Gasteiger partial charge in [-0.1, -0.05) is 11.6 Å². The molecule has 0 aliphatic rings. The topological polar surface area (TPSA) is 42.4 Å². The van der Waals surface area contributed by atoms with Crippen molar-refractivity contribution in [2.45, 2.75) is 0 Å². The number of aromatic nitrogens is 1. The van der Waals surface area contributed by atoms with E-state index in [0.717, 1.165) is 4.70 Å². The molecular formula is C9H6BrClFNO2S. The van der Waals surface area contributed by atoms with Crippen LogP contribution in [-0.2, 0) is 0 Å². The minimum atomic E-state index is -0.652. The van der Waals surface area contributed by atoms with E-state index in [4.69, 9.17) is 21.4 Å². The van der Waals surface area contributed by atoms with Crippen molar-refractivity contribution >= 4 is 49.1 Å². The zero-order chi connectivity index (χ0) is 11.7. The lowest BCUT2D eigenvalue weighted by Crippen LogP contribution is -2.03. The standard InChI is InChI=1S/C9H6BrClFNO2S/c10-9-13-8-5(16-9)3-4(15-2-1-14)7(12)6(8)11/h3,14H,1-2H2. The summed E-state index contributed by atoms with van der Waals surface area (Å²) in [5, 5.41) is 8.54. The molecule has 0 bridgehead atoms. The lowest BCUT2D eigenvalue weighted by atomic mass is 10.3. The van der Waals surface area contributed by atoms with E-state index in [2.05, 4.69) is 20.9 Å². The van der Waals surface area contributed by atoms with E-state index in [0.29, 0.717) is 9.43 Å². The Balaban J connectivity index is 2.54. The molecule has 1 heterocycles. The quantitative estimate of drug-likeness (QED) is 0.941. The van der Waals surface area contributed by atoms with E-state index >= 15 is 0 Å². The normalized spacial score (nSPS) is 11.0. The zero-order valence-corrected chi connectivity index (χ0v) is 11.0. The molecule has 1 aromatic carbocycles. The lowest BCUT2D eigenvalue weighted by molar-refractivity contribution is 0.196. The number of benzene rings is 1. The Labute approximate surface area is 108 Å². The van der Waals surface area contributed by atoms with Gasteiger partial charge >= 0.3 is 0 Å². The van der Waals surface area contributed by atoms with E-state index in [1.165, 1.54) is 17.4 Å². The second kappa shape index (κ2) is 4.83. The molecule has 0 saturated heterocycles. The SMILES string of the molecule is OCCOc1cc2sc(Br)nc2c(Cl)c1F. The van der Waals surface area contributed by atoms with Crippen LogP contribution in [0.4, 0.5) is 4.39 Å². The lowest BCUT2D eigenvalue weighted by Gasteiger charge is -2.06. The highest BCUT2D eigenvalue weighted by Crippen LogP contribution is 2.37. The van der Waals surface area contributed by atoms with E-state index in [1.54, 1.807) is 0 Å². The van der Waals surface area contributed by atoms with Crippen LogP contribution in [0.2, 0.25) is 5.02 Å². The van der Waals surface area contributed by atoms with E-state index < -0.39 is 5.82 Å². The number of hydrogen-bond donors (Lipinski definition) is 1. The number of ether oxygens (including phenoxy) is 1. The van der Waals surface area contributed by atoms with E-state index in [9.17, 15) is 4.39 Å². The second-order valence-corrected chi connectivity index (χ2v) is 5.57. The molecule has 3 nitrogen and oxygen atoms in total. The number of nitrogens with zero attached hydrogens (tertiary/aromatic N) is 1. The van der Waals surface area contributed by atoms with Gasteiger partial charge in [-0.2, -0.15) is 0 Å². The number of rotatable bonds is 3. The van der Waals surface area contributed by atoms with Gasteiger partial charge in [-0.3, -0.25) is 0 Å². The highest BCUT2D eigenvalue weighted by Gasteiger charge is 2.16. The molecule has 0 aliphatic heterocycles. The molecule has 0 saturated carbocycles. The largest absolute Gasteiger partial charge is 0.488 e. The molecule has 0 fully saturated rings. The molecule has 1 N–H and O–H groups in total. The third-order valence-electron chi connectivity index (χ3n) is 1.86. The Morgan fingerprint density at radius 2 is 2.38 bits per heavy atom. The Bertz CT molecular complexity index is 534. The predicted molar refractivity (Wildman–Crippen MR) is 64.9 cm³/mol. The number of aliphatic hydroxyl groups excluding tert-OH is 1. The van der Waals surface area contributed by atoms with Gasteiger partial charge in [0.25, 0.3) is 0 Å². The summed E-state index contributed by atoms with van der Waals surface area (Å²) < 4.78 is 20.1. The summed E-state index contributed by atoms with van der Waals surface area (Å²) in [6.07, 6.45) is 0. The Morgan fingerprint density at radius 3 is 3.06 bits per heavy atom. The summed E-state index contributed by atoms with van der Waals surface area (Å²) in [6, 6.07) is 1.52. The number of hydrogen-bond acceptors (Lipinski definition) is 4. The molecule has 2 rings (SSSR count). The zero-order valence-electron chi connectivity index (χ0n) is 7.84. The van der Waals surface area contributed by atoms with Crippen LogP contribution >= 0.6 is 38.9 Å². The van der Waals surface area contributed by atoms with Crippen LogP contribution in [0.1, 0.15) is 0 Å². The number of halogens is 3. The van der Waals surface area contributed by atoms with Crippen LogP contribution in [0.25, 0.3) is 10.2 Å². The van der Waals surface area contributed by atoms with E-state index in [-0.39, 0.29) is 24.0 Å². The third kappa shape index (κ3) is 2.15. The number of fused-ring (bicyclic) bond motifs is 1. The molecule has 0 aliphatic carbocycles. The Morgan fingerprint density at radius 1 is 1.62 bits per heavy atom. The summed E-state index contributed by atoms with van der Waals surface area (Å²) in [5.74, 6) is -0.622. The summed E-state index contributed by atoms with van der Waals surface area (Å²) in [4.78, 5) is 4.05. The third-order valence-corrected chi connectivity index (χ3v) is 3.65. The summed E-state index contributed by atoms with van der Waals surface area (Å²) in [6.45, 7) is -0.153. The minimum Gasteiger partial charge on any atom is -0.488 e. The smallest absolute Gasteiger partial charge is 0.185 e. The van der Waals surface area contributed by atoms with Gasteiger partial charge in [-0.25, -0.2) is 9.37 Å². The summed E-state index contributed by atoms with van der Waals surface area (Å²) in [5.41, 5.74) is 0.410. The Kier molecular flexibility index (Phi) is 3.63. The molecule has 86 valence electrons. The monoisotopic (exact) mass is 325 g/mol. The van der Waals surface area contributed by atoms with Crippen LogP contribution in [0.15, 0.2) is 9.98 Å². The van der Waals surface area contributed by atoms with Crippen molar-refractivity contribution < 1.29 is 14.2 Å². The fraction of sp³-hybridized carbons (Fsp3) is 0.222. The number of thiazole rings is 1. The van der Waals surface area contributed by atoms with Crippen molar-refractivity contribution in [3.63, 3.8) is 0 Å². The first-order valence-electron chi connectivity index (χ1n) is 4.31. The van der Waals surface area contributed by atoms with Gasteiger partial charge in [0.1, 0.15) is 17.1 Å². The molecule has 7 heteroatoms. The maximum absolute atomic E-state index is 13.7. The number of aliphatic hydroxyl groups is 1. The summed E-state index contributed by atoms with van der Waals surface area (Å²) in [7, 11) is 0. The van der Waals surface area contributed by atoms with Crippen LogP contribution in [0, 0.1) is 5.82 Å². The van der Waals surface area contributed by atoms with Gasteiger partial charge in [0.05, 0.1) is 11.3 Å². The van der Waals surface area contributed by atoms with Gasteiger partial charge in [0.2, 0.25) is 0 Å². The average Bonchev–Trinajstić information content (AvgIpc) is 2.62. The van der Waals surface area contributed by atoms with Crippen LogP contribution in [0.3, 0.4) is 0 Å². The maximum atomic E-state index is 13.7. The highest BCUT2D eigenvalue weighted by molar-refractivity contribution is 9.11. The molecular weight excluding hydrogens is 321 g/mol. The van der Waals surface area contributed by atoms with Crippen molar-refractivity contribution in [2.75, 3.05) is 13.2 Å². The molecule has 0 atom stereocenters.